The number of hydrogen-bond donors (Lipinski definition) is 1. The van der Waals surface area contributed by atoms with Gasteiger partial charge in [-0.05, 0) is 6.42 Å². The van der Waals surface area contributed by atoms with Gasteiger partial charge in [0, 0.05) is 13.1 Å². The fourth-order valence-electron chi connectivity index (χ4n) is 1.25. The Hall–Kier alpha value is -0.0800. The molecule has 0 saturated carbocycles. The lowest BCUT2D eigenvalue weighted by Crippen LogP contribution is -2.31. The summed E-state index contributed by atoms with van der Waals surface area (Å²) in [4.78, 5) is 0. The molecule has 0 unspecified atom stereocenters. The number of unbranched alkanes of at least 4 members (excludes halogenated alkanes) is 5. The first-order valence-electron chi connectivity index (χ1n) is 5.30. The topological polar surface area (TPSA) is 29.3 Å². The van der Waals surface area contributed by atoms with Crippen LogP contribution < -0.4 is 5.84 Å². The molecule has 0 radical (unpaired) electrons. The molecule has 0 aliphatic heterocycles. The van der Waals surface area contributed by atoms with Crippen LogP contribution in [0.1, 0.15) is 52.4 Å². The number of hydrazine groups is 1. The van der Waals surface area contributed by atoms with Crippen molar-refractivity contribution in [3.05, 3.63) is 0 Å². The van der Waals surface area contributed by atoms with Crippen LogP contribution in [0.25, 0.3) is 0 Å². The lowest BCUT2D eigenvalue weighted by molar-refractivity contribution is 0.290. The van der Waals surface area contributed by atoms with Crippen LogP contribution in [0.5, 0.6) is 0 Å². The van der Waals surface area contributed by atoms with Gasteiger partial charge in [-0.3, -0.25) is 5.84 Å². The Morgan fingerprint density at radius 1 is 0.917 bits per heavy atom. The maximum Gasteiger partial charge on any atom is 0.0128 e. The Kier molecular flexibility index (Phi) is 8.95. The zero-order chi connectivity index (χ0) is 9.23. The van der Waals surface area contributed by atoms with E-state index in [4.69, 9.17) is 5.84 Å². The molecule has 74 valence electrons. The largest absolute Gasteiger partial charge is 0.269 e. The molecule has 0 spiro atoms. The van der Waals surface area contributed by atoms with Crippen molar-refractivity contribution in [1.82, 2.24) is 5.01 Å². The van der Waals surface area contributed by atoms with Gasteiger partial charge in [0.05, 0.1) is 0 Å². The standard InChI is InChI=1S/C10H24N2/c1-3-5-6-7-8-9-10-12(11)4-2/h3-11H2,1-2H3. The Balaban J connectivity index is 2.90. The van der Waals surface area contributed by atoms with Gasteiger partial charge in [-0.2, -0.15) is 0 Å². The smallest absolute Gasteiger partial charge is 0.0128 e. The highest BCUT2D eigenvalue weighted by Crippen LogP contribution is 2.04. The van der Waals surface area contributed by atoms with Crippen molar-refractivity contribution in [2.75, 3.05) is 13.1 Å². The van der Waals surface area contributed by atoms with Gasteiger partial charge in [0.25, 0.3) is 0 Å². The van der Waals surface area contributed by atoms with Crippen LogP contribution in [0.3, 0.4) is 0 Å². The highest BCUT2D eigenvalue weighted by Gasteiger charge is 1.94. The third-order valence-corrected chi connectivity index (χ3v) is 2.21. The first kappa shape index (κ1) is 11.9. The van der Waals surface area contributed by atoms with E-state index >= 15 is 0 Å². The van der Waals surface area contributed by atoms with Gasteiger partial charge in [0.2, 0.25) is 0 Å². The summed E-state index contributed by atoms with van der Waals surface area (Å²) in [6.45, 7) is 6.37. The van der Waals surface area contributed by atoms with Gasteiger partial charge in [0.15, 0.2) is 0 Å². The van der Waals surface area contributed by atoms with E-state index in [1.807, 2.05) is 5.01 Å². The van der Waals surface area contributed by atoms with Crippen LogP contribution >= 0.6 is 0 Å². The minimum atomic E-state index is 0.967. The molecular weight excluding hydrogens is 148 g/mol. The summed E-state index contributed by atoms with van der Waals surface area (Å²) in [6.07, 6.45) is 8.10. The second-order valence-corrected chi connectivity index (χ2v) is 3.40. The van der Waals surface area contributed by atoms with Crippen molar-refractivity contribution in [2.45, 2.75) is 52.4 Å². The second kappa shape index (κ2) is 9.01. The zero-order valence-corrected chi connectivity index (χ0v) is 8.68. The average Bonchev–Trinajstić information content (AvgIpc) is 2.10. The predicted octanol–water partition coefficient (Wildman–Crippen LogP) is 2.54. The molecule has 2 nitrogen and oxygen atoms in total. The Morgan fingerprint density at radius 2 is 1.50 bits per heavy atom. The average molecular weight is 172 g/mol. The van der Waals surface area contributed by atoms with Crippen LogP contribution in [0, 0.1) is 0 Å². The minimum absolute atomic E-state index is 0.967. The SMILES string of the molecule is CCCCCCCCN(N)CC. The second-order valence-electron chi connectivity index (χ2n) is 3.40. The van der Waals surface area contributed by atoms with E-state index in [9.17, 15) is 0 Å². The Labute approximate surface area is 77.1 Å². The summed E-state index contributed by atoms with van der Waals surface area (Å²) in [5.41, 5.74) is 0. The van der Waals surface area contributed by atoms with Crippen LogP contribution in [0.15, 0.2) is 0 Å². The zero-order valence-electron chi connectivity index (χ0n) is 8.68. The van der Waals surface area contributed by atoms with Crippen LogP contribution in [-0.2, 0) is 0 Å². The highest BCUT2D eigenvalue weighted by atomic mass is 15.4. The highest BCUT2D eigenvalue weighted by molar-refractivity contribution is 4.47. The van der Waals surface area contributed by atoms with Gasteiger partial charge in [0.1, 0.15) is 0 Å². The van der Waals surface area contributed by atoms with E-state index in [0.29, 0.717) is 0 Å². The molecule has 0 aromatic heterocycles. The van der Waals surface area contributed by atoms with Crippen LogP contribution in [0.2, 0.25) is 0 Å². The Morgan fingerprint density at radius 3 is 2.08 bits per heavy atom. The van der Waals surface area contributed by atoms with Gasteiger partial charge < -0.3 is 0 Å². The molecule has 0 rings (SSSR count). The monoisotopic (exact) mass is 172 g/mol. The van der Waals surface area contributed by atoms with Gasteiger partial charge in [-0.25, -0.2) is 5.01 Å². The molecule has 0 aromatic rings. The van der Waals surface area contributed by atoms with Crippen molar-refractivity contribution in [1.29, 1.82) is 0 Å². The molecule has 0 fully saturated rings. The molecule has 0 heterocycles. The number of nitrogens with zero attached hydrogens (tertiary/aromatic N) is 1. The lowest BCUT2D eigenvalue weighted by Gasteiger charge is -2.12. The predicted molar refractivity (Wildman–Crippen MR) is 54.8 cm³/mol. The summed E-state index contributed by atoms with van der Waals surface area (Å²) in [6, 6.07) is 0. The maximum absolute atomic E-state index is 5.65. The lowest BCUT2D eigenvalue weighted by atomic mass is 10.1. The fraction of sp³-hybridized carbons (Fsp3) is 1.00. The first-order chi connectivity index (χ1) is 5.81. The molecule has 0 aliphatic carbocycles. The van der Waals surface area contributed by atoms with E-state index in [1.54, 1.807) is 0 Å². The molecule has 0 aromatic carbocycles. The number of hydrogen-bond acceptors (Lipinski definition) is 2. The molecule has 0 atom stereocenters. The molecule has 2 heteroatoms. The van der Waals surface area contributed by atoms with E-state index in [-0.39, 0.29) is 0 Å². The van der Waals surface area contributed by atoms with E-state index < -0.39 is 0 Å². The fourth-order valence-corrected chi connectivity index (χ4v) is 1.25. The maximum atomic E-state index is 5.65. The molecule has 2 N–H and O–H groups in total. The molecule has 0 amide bonds. The molecule has 12 heavy (non-hydrogen) atoms. The van der Waals surface area contributed by atoms with Crippen molar-refractivity contribution < 1.29 is 0 Å². The summed E-state index contributed by atoms with van der Waals surface area (Å²) < 4.78 is 0. The summed E-state index contributed by atoms with van der Waals surface area (Å²) in [7, 11) is 0. The summed E-state index contributed by atoms with van der Waals surface area (Å²) in [5.74, 6) is 5.65. The van der Waals surface area contributed by atoms with Gasteiger partial charge in [-0.1, -0.05) is 46.0 Å². The minimum Gasteiger partial charge on any atom is -0.269 e. The number of rotatable bonds is 8. The van der Waals surface area contributed by atoms with Crippen LogP contribution in [0.4, 0.5) is 0 Å². The quantitative estimate of drug-likeness (QED) is 0.346. The third kappa shape index (κ3) is 8.02. The summed E-state index contributed by atoms with van der Waals surface area (Å²) >= 11 is 0. The first-order valence-corrected chi connectivity index (χ1v) is 5.30. The van der Waals surface area contributed by atoms with E-state index in [0.717, 1.165) is 13.1 Å². The number of nitrogens with two attached hydrogens (primary N) is 1. The summed E-state index contributed by atoms with van der Waals surface area (Å²) in [5, 5.41) is 1.89. The Bertz CT molecular complexity index is 83.9. The third-order valence-electron chi connectivity index (χ3n) is 2.21. The van der Waals surface area contributed by atoms with Gasteiger partial charge in [-0.15, -0.1) is 0 Å². The van der Waals surface area contributed by atoms with Crippen LogP contribution in [-0.4, -0.2) is 18.1 Å². The molecular formula is C10H24N2. The molecule has 0 saturated heterocycles. The van der Waals surface area contributed by atoms with E-state index in [2.05, 4.69) is 13.8 Å². The van der Waals surface area contributed by atoms with Crippen molar-refractivity contribution in [2.24, 2.45) is 5.84 Å². The van der Waals surface area contributed by atoms with Crippen molar-refractivity contribution in [3.8, 4) is 0 Å². The van der Waals surface area contributed by atoms with Crippen molar-refractivity contribution >= 4 is 0 Å². The normalized spacial score (nSPS) is 11.0. The van der Waals surface area contributed by atoms with Crippen molar-refractivity contribution in [3.63, 3.8) is 0 Å². The van der Waals surface area contributed by atoms with E-state index in [1.165, 1.54) is 38.5 Å². The molecule has 0 aliphatic rings. The molecule has 0 bridgehead atoms. The van der Waals surface area contributed by atoms with Gasteiger partial charge >= 0.3 is 0 Å².